The van der Waals surface area contributed by atoms with Crippen LogP contribution in [0.2, 0.25) is 0 Å². The molecule has 0 bridgehead atoms. The first-order chi connectivity index (χ1) is 19.4. The minimum atomic E-state index is -0.227. The molecule has 2 aliphatic heterocycles. The zero-order chi connectivity index (χ0) is 28.0. The smallest absolute Gasteiger partial charge is 0.231 e. The average Bonchev–Trinajstić information content (AvgIpc) is 3.63. The third-order valence-electron chi connectivity index (χ3n) is 7.27. The molecule has 2 aromatic carbocycles. The molecular weight excluding hydrogens is 526 g/mol. The fraction of sp³-hybridized carbons (Fsp3) is 0.233. The number of carbonyl (C=O) groups is 1. The molecule has 2 aliphatic rings. The lowest BCUT2D eigenvalue weighted by molar-refractivity contribution is -0.114. The molecule has 10 heteroatoms. The number of nitrogens with one attached hydrogen (secondary N) is 2. The van der Waals surface area contributed by atoms with Crippen LogP contribution in [-0.4, -0.2) is 34.5 Å². The summed E-state index contributed by atoms with van der Waals surface area (Å²) in [5, 5.41) is 6.95. The molecule has 2 atom stereocenters. The summed E-state index contributed by atoms with van der Waals surface area (Å²) in [6.45, 7) is 5.89. The van der Waals surface area contributed by atoms with Crippen molar-refractivity contribution < 1.29 is 19.0 Å². The molecule has 0 aliphatic carbocycles. The van der Waals surface area contributed by atoms with E-state index in [1.165, 1.54) is 6.92 Å². The summed E-state index contributed by atoms with van der Waals surface area (Å²) in [6, 6.07) is 19.3. The highest BCUT2D eigenvalue weighted by Crippen LogP contribution is 2.45. The van der Waals surface area contributed by atoms with Gasteiger partial charge in [0.15, 0.2) is 16.6 Å². The fourth-order valence-electron chi connectivity index (χ4n) is 5.59. The number of hydrogen-bond acceptors (Lipinski definition) is 6. The number of methoxy groups -OCH3 is 1. The van der Waals surface area contributed by atoms with Gasteiger partial charge in [-0.15, -0.1) is 0 Å². The molecule has 204 valence electrons. The largest absolute Gasteiger partial charge is 0.495 e. The number of amides is 1. The number of aromatic nitrogens is 2. The highest BCUT2D eigenvalue weighted by Gasteiger charge is 2.42. The van der Waals surface area contributed by atoms with Crippen LogP contribution in [0.4, 0.5) is 11.4 Å². The minimum Gasteiger partial charge on any atom is -0.495 e. The molecule has 40 heavy (non-hydrogen) atoms. The highest BCUT2D eigenvalue weighted by molar-refractivity contribution is 7.80. The predicted molar refractivity (Wildman–Crippen MR) is 157 cm³/mol. The van der Waals surface area contributed by atoms with Gasteiger partial charge in [-0.2, -0.15) is 0 Å². The number of thiocarbonyl (C=S) groups is 1. The third-order valence-corrected chi connectivity index (χ3v) is 7.59. The van der Waals surface area contributed by atoms with Crippen molar-refractivity contribution in [2.45, 2.75) is 32.9 Å². The van der Waals surface area contributed by atoms with Crippen molar-refractivity contribution in [3.8, 4) is 22.9 Å². The van der Waals surface area contributed by atoms with Crippen LogP contribution in [0, 0.1) is 13.8 Å². The third kappa shape index (κ3) is 4.40. The van der Waals surface area contributed by atoms with Crippen LogP contribution in [0.3, 0.4) is 0 Å². The Hall–Kier alpha value is -4.57. The van der Waals surface area contributed by atoms with Crippen LogP contribution in [-0.2, 0) is 4.79 Å². The van der Waals surface area contributed by atoms with Gasteiger partial charge in [0.25, 0.3) is 0 Å². The summed E-state index contributed by atoms with van der Waals surface area (Å²) >= 11 is 5.93. The van der Waals surface area contributed by atoms with E-state index in [1.807, 2.05) is 54.6 Å². The van der Waals surface area contributed by atoms with E-state index in [1.54, 1.807) is 13.3 Å². The summed E-state index contributed by atoms with van der Waals surface area (Å²) in [7, 11) is 1.58. The van der Waals surface area contributed by atoms with Gasteiger partial charge in [-0.25, -0.2) is 0 Å². The van der Waals surface area contributed by atoms with Crippen molar-refractivity contribution in [3.05, 3.63) is 89.5 Å². The zero-order valence-electron chi connectivity index (χ0n) is 22.6. The molecule has 4 aromatic rings. The molecule has 0 unspecified atom stereocenters. The average molecular weight is 556 g/mol. The maximum absolute atomic E-state index is 11.9. The Morgan fingerprint density at radius 2 is 1.88 bits per heavy atom. The van der Waals surface area contributed by atoms with Gasteiger partial charge in [0.2, 0.25) is 12.7 Å². The van der Waals surface area contributed by atoms with E-state index in [0.717, 1.165) is 45.5 Å². The number of ether oxygens (including phenoxy) is 3. The Bertz CT molecular complexity index is 1620. The Morgan fingerprint density at radius 3 is 2.62 bits per heavy atom. The van der Waals surface area contributed by atoms with Gasteiger partial charge >= 0.3 is 0 Å². The number of aryl methyl sites for hydroxylation is 1. The van der Waals surface area contributed by atoms with Gasteiger partial charge in [-0.05, 0) is 80.2 Å². The molecule has 0 radical (unpaired) electrons. The first-order valence-corrected chi connectivity index (χ1v) is 13.3. The maximum atomic E-state index is 11.9. The first kappa shape index (κ1) is 25.7. The lowest BCUT2D eigenvalue weighted by Crippen LogP contribution is -2.29. The lowest BCUT2D eigenvalue weighted by Gasteiger charge is -2.29. The summed E-state index contributed by atoms with van der Waals surface area (Å²) in [4.78, 5) is 18.7. The molecule has 2 aromatic heterocycles. The molecular formula is C30H29N5O4S. The minimum absolute atomic E-state index is 0.187. The van der Waals surface area contributed by atoms with Gasteiger partial charge in [0.1, 0.15) is 5.75 Å². The molecule has 6 rings (SSSR count). The number of rotatable bonds is 6. The van der Waals surface area contributed by atoms with Crippen molar-refractivity contribution in [3.63, 3.8) is 0 Å². The van der Waals surface area contributed by atoms with Crippen molar-refractivity contribution in [1.29, 1.82) is 0 Å². The molecule has 1 amide bonds. The van der Waals surface area contributed by atoms with E-state index in [0.29, 0.717) is 16.5 Å². The monoisotopic (exact) mass is 555 g/mol. The quantitative estimate of drug-likeness (QED) is 0.307. The zero-order valence-corrected chi connectivity index (χ0v) is 23.4. The second kappa shape index (κ2) is 10.2. The highest BCUT2D eigenvalue weighted by atomic mass is 32.1. The van der Waals surface area contributed by atoms with Crippen LogP contribution >= 0.6 is 12.2 Å². The van der Waals surface area contributed by atoms with Crippen molar-refractivity contribution in [2.75, 3.05) is 24.1 Å². The Morgan fingerprint density at radius 1 is 1.07 bits per heavy atom. The van der Waals surface area contributed by atoms with Crippen molar-refractivity contribution in [1.82, 2.24) is 14.9 Å². The van der Waals surface area contributed by atoms with Gasteiger partial charge in [-0.3, -0.25) is 9.78 Å². The standard InChI is InChI=1S/C30H29N5O4S/c1-17-13-22(18(2)34(17)21-9-11-26-27(15-21)39-16-38-26)29-28(23-7-5-6-12-31-23)33-30(40)35(29)20-8-10-25(37-4)24(14-20)32-19(3)36/h5-15,28-29H,16H2,1-4H3,(H,32,36)(H,33,40)/t28-,29-/m1/s1. The van der Waals surface area contributed by atoms with E-state index in [2.05, 4.69) is 45.0 Å². The molecule has 2 N–H and O–H groups in total. The first-order valence-electron chi connectivity index (χ1n) is 12.9. The second-order valence-corrected chi connectivity index (χ2v) is 10.1. The van der Waals surface area contributed by atoms with Crippen LogP contribution in [0.1, 0.15) is 41.7 Å². The molecule has 1 fully saturated rings. The van der Waals surface area contributed by atoms with E-state index in [4.69, 9.17) is 26.4 Å². The molecule has 9 nitrogen and oxygen atoms in total. The number of nitrogens with zero attached hydrogens (tertiary/aromatic N) is 3. The second-order valence-electron chi connectivity index (χ2n) is 9.76. The van der Waals surface area contributed by atoms with Crippen LogP contribution in [0.25, 0.3) is 5.69 Å². The summed E-state index contributed by atoms with van der Waals surface area (Å²) < 4.78 is 18.9. The van der Waals surface area contributed by atoms with Gasteiger partial charge < -0.3 is 34.3 Å². The van der Waals surface area contributed by atoms with Crippen LogP contribution in [0.5, 0.6) is 17.2 Å². The van der Waals surface area contributed by atoms with Crippen molar-refractivity contribution >= 4 is 34.6 Å². The van der Waals surface area contributed by atoms with E-state index in [9.17, 15) is 4.79 Å². The summed E-state index contributed by atoms with van der Waals surface area (Å²) in [6.07, 6.45) is 1.79. The number of hydrogen-bond donors (Lipinski definition) is 2. The van der Waals surface area contributed by atoms with Crippen LogP contribution < -0.4 is 29.7 Å². The van der Waals surface area contributed by atoms with E-state index >= 15 is 0 Å². The van der Waals surface area contributed by atoms with E-state index < -0.39 is 0 Å². The van der Waals surface area contributed by atoms with Crippen LogP contribution in [0.15, 0.2) is 66.9 Å². The molecule has 0 saturated carbocycles. The molecule has 1 saturated heterocycles. The maximum Gasteiger partial charge on any atom is 0.231 e. The van der Waals surface area contributed by atoms with Crippen molar-refractivity contribution in [2.24, 2.45) is 0 Å². The predicted octanol–water partition coefficient (Wildman–Crippen LogP) is 5.36. The number of anilines is 2. The molecule has 0 spiro atoms. The Labute approximate surface area is 237 Å². The lowest BCUT2D eigenvalue weighted by atomic mass is 9.96. The number of benzene rings is 2. The number of fused-ring (bicyclic) bond motifs is 1. The summed E-state index contributed by atoms with van der Waals surface area (Å²) in [5.41, 5.74) is 6.47. The van der Waals surface area contributed by atoms with Gasteiger partial charge in [-0.1, -0.05) is 6.07 Å². The Kier molecular flexibility index (Phi) is 6.55. The van der Waals surface area contributed by atoms with Gasteiger partial charge in [0.05, 0.1) is 30.6 Å². The number of carbonyl (C=O) groups excluding carboxylic acids is 1. The summed E-state index contributed by atoms with van der Waals surface area (Å²) in [5.74, 6) is 1.85. The number of pyridine rings is 1. The van der Waals surface area contributed by atoms with E-state index in [-0.39, 0.29) is 24.8 Å². The fourth-order valence-corrected chi connectivity index (χ4v) is 5.94. The normalized spacial score (nSPS) is 17.6. The molecule has 4 heterocycles. The SMILES string of the molecule is COc1ccc(N2C(=S)N[C@H](c3ccccn3)[C@H]2c2cc(C)n(-c3ccc4c(c3)OCO4)c2C)cc1NC(C)=O. The Balaban J connectivity index is 1.49. The topological polar surface area (TPSA) is 89.9 Å². The van der Waals surface area contributed by atoms with Gasteiger partial charge in [0, 0.05) is 41.9 Å².